The second kappa shape index (κ2) is 33.6. The van der Waals surface area contributed by atoms with Gasteiger partial charge in [-0.3, -0.25) is 0 Å². The summed E-state index contributed by atoms with van der Waals surface area (Å²) in [6, 6.07) is 5.58. The quantitative estimate of drug-likeness (QED) is 0.157. The summed E-state index contributed by atoms with van der Waals surface area (Å²) in [5, 5.41) is 0. The molecule has 0 aromatic carbocycles. The topological polar surface area (TPSA) is 138 Å². The Morgan fingerprint density at radius 1 is 0.472 bits per heavy atom. The SMILES string of the molecule is CC.CC.CC.C[SiH]1O[SiH](C)O[SiH](CC[SiH2]O[SiH2]O[SiH](CC[Si]2(C)O[SiH](C)O[SiH](C)O[SiH](C)O2)O[SiH2]CC[SiH]2O[SiH](C)O[SiH](C)O[SiH](C)O2)O[SiH](C)O1. The van der Waals surface area contributed by atoms with Gasteiger partial charge >= 0.3 is 36.4 Å². The van der Waals surface area contributed by atoms with Crippen molar-refractivity contribution < 1.29 is 61.7 Å². The van der Waals surface area contributed by atoms with E-state index in [2.05, 4.69) is 65.5 Å². The molecule has 3 saturated heterocycles. The fraction of sp³-hybridized carbons (Fsp3) is 1.00. The molecule has 0 bridgehead atoms. The minimum absolute atomic E-state index is 0.723. The zero-order valence-corrected chi connectivity index (χ0v) is 55.0. The van der Waals surface area contributed by atoms with E-state index in [1.54, 1.807) is 0 Å². The molecule has 3 aliphatic rings. The lowest BCUT2D eigenvalue weighted by Gasteiger charge is -2.37. The molecule has 3 fully saturated rings. The predicted octanol–water partition coefficient (Wildman–Crippen LogP) is -0.256. The van der Waals surface area contributed by atoms with Crippen LogP contribution in [0.5, 0.6) is 0 Å². The second-order valence-electron chi connectivity index (χ2n) is 12.0. The second-order valence-corrected chi connectivity index (χ2v) is 48.8. The summed E-state index contributed by atoms with van der Waals surface area (Å²) in [5.41, 5.74) is 0. The summed E-state index contributed by atoms with van der Waals surface area (Å²) >= 11 is 0. The molecule has 7 atom stereocenters. The molecule has 0 radical (unpaired) electrons. The maximum atomic E-state index is 6.62. The van der Waals surface area contributed by atoms with Gasteiger partial charge in [-0.25, -0.2) is 0 Å². The molecule has 15 nitrogen and oxygen atoms in total. The van der Waals surface area contributed by atoms with E-state index in [0.717, 1.165) is 36.3 Å². The van der Waals surface area contributed by atoms with Crippen molar-refractivity contribution in [2.24, 2.45) is 0 Å². The number of rotatable bonds is 15. The minimum atomic E-state index is -2.46. The molecule has 0 saturated carbocycles. The third-order valence-electron chi connectivity index (χ3n) is 7.29. The van der Waals surface area contributed by atoms with Crippen molar-refractivity contribution in [3.8, 4) is 0 Å². The van der Waals surface area contributed by atoms with Crippen molar-refractivity contribution >= 4 is 149 Å². The van der Waals surface area contributed by atoms with Gasteiger partial charge in [-0.05, 0) is 102 Å². The van der Waals surface area contributed by atoms with Crippen LogP contribution in [0.1, 0.15) is 41.5 Å². The molecule has 0 N–H and O–H groups in total. The van der Waals surface area contributed by atoms with Crippen LogP contribution in [0.25, 0.3) is 0 Å². The van der Waals surface area contributed by atoms with Gasteiger partial charge in [0, 0.05) is 0 Å². The Hall–Kier alpha value is 2.87. The zero-order valence-electron chi connectivity index (χ0n) is 35.9. The first-order valence-electron chi connectivity index (χ1n) is 20.0. The van der Waals surface area contributed by atoms with Crippen LogP contribution in [0, 0.1) is 0 Å². The van der Waals surface area contributed by atoms with Gasteiger partial charge in [0.25, 0.3) is 93.6 Å². The molecule has 3 heterocycles. The lowest BCUT2D eigenvalue weighted by atomic mass is 10.9. The molecule has 7 unspecified atom stereocenters. The summed E-state index contributed by atoms with van der Waals surface area (Å²) in [6.07, 6.45) is 0. The Kier molecular flexibility index (Phi) is 35.4. The van der Waals surface area contributed by atoms with Gasteiger partial charge < -0.3 is 61.7 Å². The molecular weight excluding hydrogens is 954 g/mol. The molecule has 0 spiro atoms. The van der Waals surface area contributed by atoms with Gasteiger partial charge in [0.15, 0.2) is 0 Å². The van der Waals surface area contributed by atoms with Crippen LogP contribution in [0.2, 0.25) is 102 Å². The van der Waals surface area contributed by atoms with E-state index in [0.29, 0.717) is 0 Å². The van der Waals surface area contributed by atoms with E-state index in [1.165, 1.54) is 0 Å². The van der Waals surface area contributed by atoms with Crippen LogP contribution in [-0.4, -0.2) is 149 Å². The summed E-state index contributed by atoms with van der Waals surface area (Å²) in [4.78, 5) is 0. The zero-order chi connectivity index (χ0) is 40.4. The molecule has 0 aliphatic carbocycles. The van der Waals surface area contributed by atoms with Crippen molar-refractivity contribution in [1.29, 1.82) is 0 Å². The summed E-state index contributed by atoms with van der Waals surface area (Å²) in [7, 11) is -25.9. The molecule has 0 aromatic heterocycles. The smallest absolute Gasteiger partial charge is 0.316 e. The van der Waals surface area contributed by atoms with Crippen LogP contribution in [0.3, 0.4) is 0 Å². The fourth-order valence-corrected chi connectivity index (χ4v) is 58.2. The van der Waals surface area contributed by atoms with Gasteiger partial charge in [-0.1, -0.05) is 41.5 Å². The van der Waals surface area contributed by atoms with E-state index in [-0.39, 0.29) is 0 Å². The molecule has 0 amide bonds. The highest BCUT2D eigenvalue weighted by Crippen LogP contribution is 2.24. The average molecular weight is 1030 g/mol. The Balaban J connectivity index is 0.00000428. The summed E-state index contributed by atoms with van der Waals surface area (Å²) < 4.78 is 93.9. The highest BCUT2D eigenvalue weighted by atomic mass is 28.5. The van der Waals surface area contributed by atoms with E-state index in [4.69, 9.17) is 61.7 Å². The molecule has 320 valence electrons. The lowest BCUT2D eigenvalue weighted by Crippen LogP contribution is -2.53. The van der Waals surface area contributed by atoms with E-state index in [9.17, 15) is 0 Å². The van der Waals surface area contributed by atoms with Crippen molar-refractivity contribution in [3.05, 3.63) is 0 Å². The fourth-order valence-electron chi connectivity index (χ4n) is 5.53. The molecule has 53 heavy (non-hydrogen) atoms. The number of hydrogen-bond donors (Lipinski definition) is 0. The van der Waals surface area contributed by atoms with Crippen molar-refractivity contribution in [2.45, 2.75) is 143 Å². The largest absolute Gasteiger partial charge is 0.446 e. The standard InChI is InChI=1S/C16H60O15Si16.3C2H6/c1-35-20-38(4)26-45(27-39(5)21-35)13-11-32-17-34-19-44(15-16-47(10)30-42(8)24-37(3)25-43(9)31-47)18-33-12-14-46-28-40(6)22-36(2)23-41(7)29-46;3*1-2/h35-46H,11-16,32-34H2,1-10H3;3*1-2H3. The van der Waals surface area contributed by atoms with Crippen molar-refractivity contribution in [3.63, 3.8) is 0 Å². The van der Waals surface area contributed by atoms with E-state index < -0.39 is 149 Å². The monoisotopic (exact) mass is 1030 g/mol. The number of hydrogen-bond acceptors (Lipinski definition) is 15. The summed E-state index contributed by atoms with van der Waals surface area (Å²) in [6.45, 7) is 32.8. The third-order valence-corrected chi connectivity index (χ3v) is 56.9. The molecule has 3 rings (SSSR count). The summed E-state index contributed by atoms with van der Waals surface area (Å²) in [5.74, 6) is 0. The van der Waals surface area contributed by atoms with Crippen LogP contribution in [0.4, 0.5) is 0 Å². The van der Waals surface area contributed by atoms with Crippen LogP contribution >= 0.6 is 0 Å². The Bertz CT molecular complexity index is 837. The van der Waals surface area contributed by atoms with Gasteiger partial charge in [0.1, 0.15) is 19.5 Å². The molecule has 0 aromatic rings. The van der Waals surface area contributed by atoms with Crippen LogP contribution in [0.15, 0.2) is 0 Å². The van der Waals surface area contributed by atoms with E-state index >= 15 is 0 Å². The van der Waals surface area contributed by atoms with Gasteiger partial charge in [-0.2, -0.15) is 0 Å². The molecule has 31 heteroatoms. The van der Waals surface area contributed by atoms with Crippen molar-refractivity contribution in [1.82, 2.24) is 0 Å². The molecule has 3 aliphatic heterocycles. The molecular formula is C22H78O15Si16. The van der Waals surface area contributed by atoms with Gasteiger partial charge in [0.05, 0.1) is 0 Å². The average Bonchev–Trinajstić information content (AvgIpc) is 3.06. The maximum Gasteiger partial charge on any atom is 0.316 e. The van der Waals surface area contributed by atoms with Gasteiger partial charge in [-0.15, -0.1) is 0 Å². The Morgan fingerprint density at radius 3 is 1.21 bits per heavy atom. The lowest BCUT2D eigenvalue weighted by molar-refractivity contribution is 0.274. The normalized spacial score (nSPS) is 36.8. The third kappa shape index (κ3) is 27.4. The predicted molar refractivity (Wildman–Crippen MR) is 255 cm³/mol. The van der Waals surface area contributed by atoms with Crippen LogP contribution < -0.4 is 0 Å². The highest BCUT2D eigenvalue weighted by molar-refractivity contribution is 6.82. The van der Waals surface area contributed by atoms with Crippen molar-refractivity contribution in [2.75, 3.05) is 0 Å². The van der Waals surface area contributed by atoms with E-state index in [1.807, 2.05) is 41.5 Å². The van der Waals surface area contributed by atoms with Crippen LogP contribution in [-0.2, 0) is 61.7 Å². The Morgan fingerprint density at radius 2 is 0.811 bits per heavy atom. The highest BCUT2D eigenvalue weighted by Gasteiger charge is 2.40. The minimum Gasteiger partial charge on any atom is -0.446 e. The maximum absolute atomic E-state index is 6.62. The first-order valence-corrected chi connectivity index (χ1v) is 51.0. The first kappa shape index (κ1) is 55.9. The first-order chi connectivity index (χ1) is 25.3. The Labute approximate surface area is 352 Å². The van der Waals surface area contributed by atoms with Gasteiger partial charge in [0.2, 0.25) is 0 Å².